The molecule has 0 saturated carbocycles. The number of carbonyl (C=O) groups excluding carboxylic acids is 1. The Hall–Kier alpha value is -2.52. The minimum Gasteiger partial charge on any atom is -0.444 e. The number of amides is 1. The predicted octanol–water partition coefficient (Wildman–Crippen LogP) is 5.58. The molecule has 4 rings (SSSR count). The van der Waals surface area contributed by atoms with E-state index in [1.807, 2.05) is 12.2 Å². The summed E-state index contributed by atoms with van der Waals surface area (Å²) >= 11 is 0. The van der Waals surface area contributed by atoms with Gasteiger partial charge in [0.25, 0.3) is 0 Å². The molecule has 0 aromatic heterocycles. The highest BCUT2D eigenvalue weighted by molar-refractivity contribution is 5.67. The van der Waals surface area contributed by atoms with Crippen molar-refractivity contribution in [1.29, 1.82) is 0 Å². The van der Waals surface area contributed by atoms with Crippen LogP contribution < -0.4 is 16.0 Å². The Morgan fingerprint density at radius 3 is 2.67 bits per heavy atom. The summed E-state index contributed by atoms with van der Waals surface area (Å²) in [5, 5.41) is 9.54. The molecule has 5 atom stereocenters. The van der Waals surface area contributed by atoms with Gasteiger partial charge in [0.2, 0.25) is 0 Å². The van der Waals surface area contributed by atoms with Gasteiger partial charge in [0.1, 0.15) is 5.60 Å². The van der Waals surface area contributed by atoms with Crippen molar-refractivity contribution in [2.45, 2.75) is 70.1 Å². The average molecular weight is 508 g/mol. The summed E-state index contributed by atoms with van der Waals surface area (Å²) in [5.74, 6) is 0.336. The molecule has 36 heavy (non-hydrogen) atoms. The van der Waals surface area contributed by atoms with Crippen molar-refractivity contribution in [3.63, 3.8) is 0 Å². The predicted molar refractivity (Wildman–Crippen MR) is 133 cm³/mol. The highest BCUT2D eigenvalue weighted by Crippen LogP contribution is 2.49. The van der Waals surface area contributed by atoms with Gasteiger partial charge in [0, 0.05) is 48.8 Å². The van der Waals surface area contributed by atoms with E-state index in [0.29, 0.717) is 30.9 Å². The summed E-state index contributed by atoms with van der Waals surface area (Å²) < 4.78 is 52.2. The van der Waals surface area contributed by atoms with Gasteiger partial charge in [-0.2, -0.15) is 13.2 Å². The van der Waals surface area contributed by atoms with Crippen LogP contribution in [0.1, 0.15) is 57.3 Å². The summed E-state index contributed by atoms with van der Waals surface area (Å²) in [6, 6.07) is 4.01. The van der Waals surface area contributed by atoms with Gasteiger partial charge in [-0.25, -0.2) is 4.79 Å². The number of alkyl halides is 3. The second kappa shape index (κ2) is 10.8. The zero-order valence-corrected chi connectivity index (χ0v) is 21.0. The summed E-state index contributed by atoms with van der Waals surface area (Å²) in [6.45, 7) is 6.91. The Morgan fingerprint density at radius 2 is 1.97 bits per heavy atom. The molecule has 0 spiro atoms. The highest BCUT2D eigenvalue weighted by atomic mass is 19.4. The van der Waals surface area contributed by atoms with Crippen molar-refractivity contribution in [3.05, 3.63) is 53.6 Å². The van der Waals surface area contributed by atoms with Gasteiger partial charge in [-0.15, -0.1) is 0 Å². The van der Waals surface area contributed by atoms with Crippen molar-refractivity contribution in [1.82, 2.24) is 10.6 Å². The molecule has 3 N–H and O–H groups in total. The van der Waals surface area contributed by atoms with Crippen LogP contribution in [-0.2, 0) is 15.7 Å². The molecule has 1 aliphatic carbocycles. The number of carbonyl (C=O) groups is 1. The fraction of sp³-hybridized carbons (Fsp3) is 0.593. The number of halogens is 3. The normalized spacial score (nSPS) is 27.6. The summed E-state index contributed by atoms with van der Waals surface area (Å²) in [5.41, 5.74) is 0.0887. The van der Waals surface area contributed by atoms with Crippen molar-refractivity contribution in [3.8, 4) is 0 Å². The molecule has 2 aliphatic heterocycles. The smallest absolute Gasteiger partial charge is 0.416 e. The molecule has 1 unspecified atom stereocenters. The highest BCUT2D eigenvalue weighted by Gasteiger charge is 2.44. The maximum Gasteiger partial charge on any atom is 0.416 e. The molecule has 0 radical (unpaired) electrons. The van der Waals surface area contributed by atoms with Gasteiger partial charge in [0.05, 0.1) is 17.8 Å². The van der Waals surface area contributed by atoms with Crippen LogP contribution in [0, 0.1) is 11.8 Å². The van der Waals surface area contributed by atoms with E-state index in [9.17, 15) is 18.0 Å². The third-order valence-corrected chi connectivity index (χ3v) is 6.84. The molecule has 1 aromatic rings. The number of hydrogen-bond acceptors (Lipinski definition) is 5. The number of allylic oxidation sites excluding steroid dienone is 3. The van der Waals surface area contributed by atoms with Crippen LogP contribution in [0.4, 0.5) is 23.7 Å². The van der Waals surface area contributed by atoms with Crippen LogP contribution in [0.5, 0.6) is 0 Å². The number of nitrogens with one attached hydrogen (secondary N) is 3. The van der Waals surface area contributed by atoms with E-state index in [2.05, 4.69) is 28.1 Å². The zero-order chi connectivity index (χ0) is 25.9. The Morgan fingerprint density at radius 1 is 1.17 bits per heavy atom. The van der Waals surface area contributed by atoms with E-state index in [1.54, 1.807) is 20.8 Å². The monoisotopic (exact) mass is 507 g/mol. The first-order valence-electron chi connectivity index (χ1n) is 12.7. The van der Waals surface area contributed by atoms with Crippen LogP contribution >= 0.6 is 0 Å². The maximum absolute atomic E-state index is 13.5. The van der Waals surface area contributed by atoms with Crippen LogP contribution in [0.15, 0.2) is 42.5 Å². The maximum atomic E-state index is 13.5. The minimum atomic E-state index is -4.41. The van der Waals surface area contributed by atoms with Crippen molar-refractivity contribution >= 4 is 11.8 Å². The number of fused-ring (bicyclic) bond motifs is 3. The minimum absolute atomic E-state index is 0.0761. The Bertz CT molecular complexity index is 987. The number of alkyl carbamates (subject to hydrolysis) is 1. The van der Waals surface area contributed by atoms with Gasteiger partial charge in [-0.3, -0.25) is 0 Å². The number of benzene rings is 1. The summed E-state index contributed by atoms with van der Waals surface area (Å²) in [7, 11) is 0. The Balaban J connectivity index is 1.41. The fourth-order valence-corrected chi connectivity index (χ4v) is 5.24. The van der Waals surface area contributed by atoms with Gasteiger partial charge >= 0.3 is 12.3 Å². The average Bonchev–Trinajstić information content (AvgIpc) is 2.81. The molecular weight excluding hydrogens is 471 g/mol. The molecular formula is C27H36F3N3O3. The van der Waals surface area contributed by atoms with Gasteiger partial charge in [-0.1, -0.05) is 24.3 Å². The Labute approximate surface area is 210 Å². The number of ether oxygens (including phenoxy) is 2. The van der Waals surface area contributed by atoms with Crippen LogP contribution in [-0.4, -0.2) is 43.5 Å². The Kier molecular flexibility index (Phi) is 7.99. The first kappa shape index (κ1) is 26.5. The van der Waals surface area contributed by atoms with E-state index in [4.69, 9.17) is 9.47 Å². The lowest BCUT2D eigenvalue weighted by Gasteiger charge is -2.47. The molecule has 0 bridgehead atoms. The van der Waals surface area contributed by atoms with Crippen molar-refractivity contribution in [2.75, 3.05) is 25.0 Å². The molecule has 2 heterocycles. The van der Waals surface area contributed by atoms with Crippen LogP contribution in [0.3, 0.4) is 0 Å². The second-order valence-corrected chi connectivity index (χ2v) is 10.7. The first-order chi connectivity index (χ1) is 17.0. The van der Waals surface area contributed by atoms with Gasteiger partial charge in [-0.05, 0) is 58.2 Å². The molecule has 6 nitrogen and oxygen atoms in total. The zero-order valence-electron chi connectivity index (χ0n) is 21.0. The van der Waals surface area contributed by atoms with Crippen LogP contribution in [0.25, 0.3) is 0 Å². The van der Waals surface area contributed by atoms with E-state index < -0.39 is 29.5 Å². The van der Waals surface area contributed by atoms with E-state index in [1.165, 1.54) is 12.1 Å². The molecule has 1 saturated heterocycles. The van der Waals surface area contributed by atoms with Gasteiger partial charge < -0.3 is 25.4 Å². The summed E-state index contributed by atoms with van der Waals surface area (Å²) in [4.78, 5) is 11.8. The third kappa shape index (κ3) is 6.62. The van der Waals surface area contributed by atoms with E-state index in [0.717, 1.165) is 25.3 Å². The largest absolute Gasteiger partial charge is 0.444 e. The molecule has 9 heteroatoms. The molecule has 3 aliphatic rings. The van der Waals surface area contributed by atoms with E-state index >= 15 is 0 Å². The number of rotatable bonds is 6. The van der Waals surface area contributed by atoms with E-state index in [-0.39, 0.29) is 24.0 Å². The molecule has 198 valence electrons. The summed E-state index contributed by atoms with van der Waals surface area (Å²) in [6.07, 6.45) is 5.51. The lowest BCUT2D eigenvalue weighted by Crippen LogP contribution is -2.48. The fourth-order valence-electron chi connectivity index (χ4n) is 5.24. The number of hydrogen-bond donors (Lipinski definition) is 3. The third-order valence-electron chi connectivity index (χ3n) is 6.84. The molecule has 1 aromatic carbocycles. The van der Waals surface area contributed by atoms with Crippen LogP contribution in [0.2, 0.25) is 0 Å². The van der Waals surface area contributed by atoms with Crippen molar-refractivity contribution < 1.29 is 27.4 Å². The topological polar surface area (TPSA) is 71.6 Å². The number of anilines is 1. The second-order valence-electron chi connectivity index (χ2n) is 10.7. The molecule has 1 fully saturated rings. The quantitative estimate of drug-likeness (QED) is 0.439. The lowest BCUT2D eigenvalue weighted by atomic mass is 9.73. The SMILES string of the molecule is CC(C)(C)OC(=O)NCCNC[C@H]1CC[C@@H]2[C@H](O1)c1cc(C(F)(F)F)ccc1N[C@H]2C1C=CC=CC1. The molecule has 1 amide bonds. The standard InChI is InChI=1S/C27H36F3N3O3/c1-26(2,3)36-25(34)32-14-13-31-16-19-10-11-20-23(17-7-5-4-6-8-17)33-22-12-9-18(27(28,29)30)15-21(22)24(20)35-19/h4-7,9,12,15,17,19-20,23-24,31,33H,8,10-11,13-14,16H2,1-3H3,(H,32,34)/t17?,19-,20+,23+,24+/m1/s1. The van der Waals surface area contributed by atoms with Crippen molar-refractivity contribution in [2.24, 2.45) is 11.8 Å². The van der Waals surface area contributed by atoms with Gasteiger partial charge in [0.15, 0.2) is 0 Å². The first-order valence-corrected chi connectivity index (χ1v) is 12.7. The lowest BCUT2D eigenvalue weighted by molar-refractivity contribution is -0.138.